The second-order valence-electron chi connectivity index (χ2n) is 4.99. The quantitative estimate of drug-likeness (QED) is 0.755. The number of aliphatic hydroxyl groups is 1. The molecule has 3 N–H and O–H groups in total. The second-order valence-corrected chi connectivity index (χ2v) is 5.90. The van der Waals surface area contributed by atoms with E-state index in [1.54, 1.807) is 18.2 Å². The van der Waals surface area contributed by atoms with E-state index >= 15 is 0 Å². The molecule has 0 heterocycles. The van der Waals surface area contributed by atoms with Crippen molar-refractivity contribution in [3.05, 3.63) is 28.2 Å². The topological polar surface area (TPSA) is 69.6 Å². The van der Waals surface area contributed by atoms with Crippen LogP contribution in [0, 0.1) is 5.41 Å². The van der Waals surface area contributed by atoms with Gasteiger partial charge in [-0.3, -0.25) is 0 Å². The Morgan fingerprint density at radius 1 is 1.44 bits per heavy atom. The first kappa shape index (κ1) is 15.0. The summed E-state index contributed by atoms with van der Waals surface area (Å²) in [5, 5.41) is 21.2. The summed E-state index contributed by atoms with van der Waals surface area (Å²) in [5.74, 6) is -0.954. The van der Waals surface area contributed by atoms with E-state index in [0.29, 0.717) is 18.7 Å². The lowest BCUT2D eigenvalue weighted by Crippen LogP contribution is -2.25. The van der Waals surface area contributed by atoms with Gasteiger partial charge in [0.25, 0.3) is 0 Å². The number of carboxylic acids is 1. The highest BCUT2D eigenvalue weighted by Gasteiger charge is 2.18. The Hall–Kier alpha value is -1.07. The van der Waals surface area contributed by atoms with Gasteiger partial charge in [0.1, 0.15) is 0 Å². The molecule has 100 valence electrons. The SMILES string of the molecule is CC(C)(CCO)CNc1cc(Br)ccc1C(=O)O. The predicted molar refractivity (Wildman–Crippen MR) is 75.1 cm³/mol. The normalized spacial score (nSPS) is 11.3. The van der Waals surface area contributed by atoms with Crippen molar-refractivity contribution < 1.29 is 15.0 Å². The zero-order valence-corrected chi connectivity index (χ0v) is 12.1. The van der Waals surface area contributed by atoms with Crippen LogP contribution in [0.15, 0.2) is 22.7 Å². The van der Waals surface area contributed by atoms with Crippen molar-refractivity contribution in [1.29, 1.82) is 0 Å². The summed E-state index contributed by atoms with van der Waals surface area (Å²) in [6, 6.07) is 5.01. The minimum absolute atomic E-state index is 0.0904. The molecule has 0 atom stereocenters. The molecule has 0 saturated heterocycles. The first-order valence-electron chi connectivity index (χ1n) is 5.73. The Bertz CT molecular complexity index is 432. The molecule has 0 aromatic heterocycles. The molecule has 0 radical (unpaired) electrons. The molecular formula is C13H18BrNO3. The third-order valence-electron chi connectivity index (χ3n) is 2.76. The number of aliphatic hydroxyl groups excluding tert-OH is 1. The largest absolute Gasteiger partial charge is 0.478 e. The molecule has 4 nitrogen and oxygen atoms in total. The van der Waals surface area contributed by atoms with Crippen LogP contribution in [-0.2, 0) is 0 Å². The lowest BCUT2D eigenvalue weighted by Gasteiger charge is -2.25. The summed E-state index contributed by atoms with van der Waals surface area (Å²) in [4.78, 5) is 11.1. The van der Waals surface area contributed by atoms with E-state index in [0.717, 1.165) is 4.47 Å². The number of carboxylic acid groups (broad SMARTS) is 1. The van der Waals surface area contributed by atoms with Gasteiger partial charge < -0.3 is 15.5 Å². The Morgan fingerprint density at radius 2 is 2.11 bits per heavy atom. The maximum Gasteiger partial charge on any atom is 0.337 e. The standard InChI is InChI=1S/C13H18BrNO3/c1-13(2,5-6-16)8-15-11-7-9(14)3-4-10(11)12(17)18/h3-4,7,15-16H,5-6,8H2,1-2H3,(H,17,18). The number of anilines is 1. The molecule has 0 saturated carbocycles. The summed E-state index contributed by atoms with van der Waals surface area (Å²) in [6.45, 7) is 4.77. The average molecular weight is 316 g/mol. The van der Waals surface area contributed by atoms with Gasteiger partial charge in [-0.1, -0.05) is 29.8 Å². The fraction of sp³-hybridized carbons (Fsp3) is 0.462. The zero-order chi connectivity index (χ0) is 13.8. The fourth-order valence-electron chi connectivity index (χ4n) is 1.57. The maximum absolute atomic E-state index is 11.1. The number of rotatable bonds is 6. The zero-order valence-electron chi connectivity index (χ0n) is 10.5. The Kier molecular flexibility index (Phi) is 5.16. The van der Waals surface area contributed by atoms with Gasteiger partial charge in [-0.05, 0) is 30.0 Å². The highest BCUT2D eigenvalue weighted by Crippen LogP contribution is 2.25. The number of hydrogen-bond acceptors (Lipinski definition) is 3. The highest BCUT2D eigenvalue weighted by atomic mass is 79.9. The highest BCUT2D eigenvalue weighted by molar-refractivity contribution is 9.10. The lowest BCUT2D eigenvalue weighted by atomic mass is 9.89. The van der Waals surface area contributed by atoms with Gasteiger partial charge in [-0.15, -0.1) is 0 Å². The van der Waals surface area contributed by atoms with Crippen molar-refractivity contribution in [1.82, 2.24) is 0 Å². The smallest absolute Gasteiger partial charge is 0.337 e. The minimum atomic E-state index is -0.954. The summed E-state index contributed by atoms with van der Waals surface area (Å²) in [7, 11) is 0. The van der Waals surface area contributed by atoms with Gasteiger partial charge in [0, 0.05) is 23.3 Å². The summed E-state index contributed by atoms with van der Waals surface area (Å²) >= 11 is 3.32. The van der Waals surface area contributed by atoms with Crippen LogP contribution in [-0.4, -0.2) is 29.3 Å². The van der Waals surface area contributed by atoms with E-state index < -0.39 is 5.97 Å². The molecule has 0 aliphatic rings. The molecule has 0 aliphatic carbocycles. The molecule has 1 aromatic carbocycles. The lowest BCUT2D eigenvalue weighted by molar-refractivity contribution is 0.0697. The number of benzene rings is 1. The van der Waals surface area contributed by atoms with Crippen molar-refractivity contribution in [2.75, 3.05) is 18.5 Å². The van der Waals surface area contributed by atoms with E-state index in [-0.39, 0.29) is 17.6 Å². The Balaban J connectivity index is 2.83. The molecular weight excluding hydrogens is 298 g/mol. The molecule has 0 amide bonds. The van der Waals surface area contributed by atoms with Crippen molar-refractivity contribution in [2.45, 2.75) is 20.3 Å². The van der Waals surface area contributed by atoms with Crippen LogP contribution >= 0.6 is 15.9 Å². The molecule has 0 bridgehead atoms. The first-order valence-corrected chi connectivity index (χ1v) is 6.52. The Morgan fingerprint density at radius 3 is 2.67 bits per heavy atom. The third-order valence-corrected chi connectivity index (χ3v) is 3.25. The number of hydrogen-bond donors (Lipinski definition) is 3. The molecule has 0 fully saturated rings. The number of nitrogens with one attached hydrogen (secondary N) is 1. The van der Waals surface area contributed by atoms with Crippen LogP contribution in [0.1, 0.15) is 30.6 Å². The van der Waals surface area contributed by atoms with E-state index in [1.165, 1.54) is 0 Å². The van der Waals surface area contributed by atoms with Crippen molar-refractivity contribution in [2.24, 2.45) is 5.41 Å². The van der Waals surface area contributed by atoms with Gasteiger partial charge in [0.2, 0.25) is 0 Å². The summed E-state index contributed by atoms with van der Waals surface area (Å²) in [6.07, 6.45) is 0.663. The minimum Gasteiger partial charge on any atom is -0.478 e. The van der Waals surface area contributed by atoms with Crippen LogP contribution in [0.5, 0.6) is 0 Å². The molecule has 1 rings (SSSR count). The molecule has 18 heavy (non-hydrogen) atoms. The van der Waals surface area contributed by atoms with Crippen LogP contribution in [0.4, 0.5) is 5.69 Å². The van der Waals surface area contributed by atoms with Gasteiger partial charge in [0.05, 0.1) is 5.56 Å². The Labute approximate surface area is 115 Å². The number of halogens is 1. The average Bonchev–Trinajstić information content (AvgIpc) is 2.26. The van der Waals surface area contributed by atoms with E-state index in [2.05, 4.69) is 21.2 Å². The maximum atomic E-state index is 11.1. The van der Waals surface area contributed by atoms with Crippen molar-refractivity contribution in [3.63, 3.8) is 0 Å². The molecule has 0 spiro atoms. The monoisotopic (exact) mass is 315 g/mol. The van der Waals surface area contributed by atoms with Gasteiger partial charge in [-0.2, -0.15) is 0 Å². The summed E-state index contributed by atoms with van der Waals surface area (Å²) in [5.41, 5.74) is 0.744. The van der Waals surface area contributed by atoms with Crippen LogP contribution in [0.2, 0.25) is 0 Å². The molecule has 0 aliphatic heterocycles. The first-order chi connectivity index (χ1) is 8.35. The molecule has 0 unspecified atom stereocenters. The molecule has 5 heteroatoms. The van der Waals surface area contributed by atoms with Gasteiger partial charge in [0.15, 0.2) is 0 Å². The number of carbonyl (C=O) groups is 1. The van der Waals surface area contributed by atoms with Crippen molar-refractivity contribution in [3.8, 4) is 0 Å². The third kappa shape index (κ3) is 4.31. The molecule has 1 aromatic rings. The predicted octanol–water partition coefficient (Wildman–Crippen LogP) is 2.97. The van der Waals surface area contributed by atoms with E-state index in [1.807, 2.05) is 13.8 Å². The fourth-order valence-corrected chi connectivity index (χ4v) is 1.94. The van der Waals surface area contributed by atoms with Crippen LogP contribution < -0.4 is 5.32 Å². The van der Waals surface area contributed by atoms with Crippen molar-refractivity contribution >= 4 is 27.6 Å². The summed E-state index contributed by atoms with van der Waals surface area (Å²) < 4.78 is 0.829. The van der Waals surface area contributed by atoms with E-state index in [9.17, 15) is 4.79 Å². The van der Waals surface area contributed by atoms with Crippen LogP contribution in [0.3, 0.4) is 0 Å². The van der Waals surface area contributed by atoms with Gasteiger partial charge >= 0.3 is 5.97 Å². The second kappa shape index (κ2) is 6.20. The van der Waals surface area contributed by atoms with Gasteiger partial charge in [-0.25, -0.2) is 4.79 Å². The van der Waals surface area contributed by atoms with Crippen LogP contribution in [0.25, 0.3) is 0 Å². The van der Waals surface area contributed by atoms with E-state index in [4.69, 9.17) is 10.2 Å². The number of aromatic carboxylic acids is 1.